The van der Waals surface area contributed by atoms with E-state index in [1.807, 2.05) is 28.1 Å². The van der Waals surface area contributed by atoms with Gasteiger partial charge in [0.15, 0.2) is 11.9 Å². The van der Waals surface area contributed by atoms with Crippen LogP contribution in [0, 0.1) is 0 Å². The van der Waals surface area contributed by atoms with Gasteiger partial charge in [0.1, 0.15) is 0 Å². The number of hydrogen-bond donors (Lipinski definition) is 0. The molecule has 0 aromatic rings. The summed E-state index contributed by atoms with van der Waals surface area (Å²) in [6, 6.07) is 0. The van der Waals surface area contributed by atoms with Gasteiger partial charge in [-0.1, -0.05) is 6.92 Å². The predicted molar refractivity (Wildman–Crippen MR) is 43.9 cm³/mol. The van der Waals surface area contributed by atoms with Crippen LogP contribution in [0.3, 0.4) is 0 Å². The van der Waals surface area contributed by atoms with Gasteiger partial charge >= 0.3 is 0 Å². The van der Waals surface area contributed by atoms with E-state index in [1.165, 1.54) is 0 Å². The Balaban J connectivity index is 3.99. The van der Waals surface area contributed by atoms with E-state index in [9.17, 15) is 4.79 Å². The first-order valence-electron chi connectivity index (χ1n) is 3.87. The van der Waals surface area contributed by atoms with E-state index >= 15 is 0 Å². The number of hydrogen-bond acceptors (Lipinski definition) is 2. The lowest BCUT2D eigenvalue weighted by atomic mass is 10.2. The van der Waals surface area contributed by atoms with Crippen molar-refractivity contribution in [2.45, 2.75) is 26.4 Å². The summed E-state index contributed by atoms with van der Waals surface area (Å²) in [5.74, 6) is 0.0977. The second-order valence-electron chi connectivity index (χ2n) is 3.50. The summed E-state index contributed by atoms with van der Waals surface area (Å²) >= 11 is 0. The minimum absolute atomic E-state index is 0.0977. The Morgan fingerprint density at radius 1 is 1.45 bits per heavy atom. The van der Waals surface area contributed by atoms with Gasteiger partial charge in [-0.25, -0.2) is 0 Å². The molecule has 0 heterocycles. The maximum absolute atomic E-state index is 10.9. The van der Waals surface area contributed by atoms with E-state index in [0.29, 0.717) is 4.65 Å². The van der Waals surface area contributed by atoms with Gasteiger partial charge in [0, 0.05) is 0 Å². The van der Waals surface area contributed by atoms with Gasteiger partial charge < -0.3 is 0 Å². The van der Waals surface area contributed by atoms with Crippen LogP contribution in [0.15, 0.2) is 0 Å². The van der Waals surface area contributed by atoms with Gasteiger partial charge in [0.05, 0.1) is 21.1 Å². The first-order chi connectivity index (χ1) is 4.87. The molecular formula is C8H18NO2+. The number of Topliss-reactive ketones (excluding diaryl/α,β-unsaturated/α-hetero) is 1. The van der Waals surface area contributed by atoms with Crippen LogP contribution in [-0.2, 0) is 9.63 Å². The fourth-order valence-corrected chi connectivity index (χ4v) is 0.818. The Labute approximate surface area is 68.5 Å². The van der Waals surface area contributed by atoms with Crippen molar-refractivity contribution in [2.24, 2.45) is 0 Å². The highest BCUT2D eigenvalue weighted by Gasteiger charge is 2.21. The minimum Gasteiger partial charge on any atom is -0.297 e. The van der Waals surface area contributed by atoms with Crippen molar-refractivity contribution in [1.29, 1.82) is 0 Å². The standard InChI is InChI=1S/C8H18NO2/c1-6-8(7(2)10)11-9(3,4)5/h8H,6H2,1-5H3/q+1. The molecule has 66 valence electrons. The highest BCUT2D eigenvalue weighted by molar-refractivity contribution is 5.80. The highest BCUT2D eigenvalue weighted by atomic mass is 16.7. The van der Waals surface area contributed by atoms with E-state index in [0.717, 1.165) is 6.42 Å². The number of rotatable bonds is 4. The summed E-state index contributed by atoms with van der Waals surface area (Å²) in [4.78, 5) is 16.4. The number of carbonyl (C=O) groups is 1. The van der Waals surface area contributed by atoms with Crippen molar-refractivity contribution in [2.75, 3.05) is 21.1 Å². The van der Waals surface area contributed by atoms with Gasteiger partial charge in [-0.2, -0.15) is 9.48 Å². The van der Waals surface area contributed by atoms with Crippen LogP contribution in [0.25, 0.3) is 0 Å². The SMILES string of the molecule is CCC(O[N+](C)(C)C)C(C)=O. The Kier molecular flexibility index (Phi) is 3.69. The van der Waals surface area contributed by atoms with Gasteiger partial charge in [-0.15, -0.1) is 0 Å². The lowest BCUT2D eigenvalue weighted by Gasteiger charge is -2.25. The van der Waals surface area contributed by atoms with Crippen LogP contribution in [0.5, 0.6) is 0 Å². The predicted octanol–water partition coefficient (Wildman–Crippen LogP) is 0.992. The fraction of sp³-hybridized carbons (Fsp3) is 0.875. The Morgan fingerprint density at radius 2 is 1.91 bits per heavy atom. The van der Waals surface area contributed by atoms with E-state index in [-0.39, 0.29) is 11.9 Å². The number of carbonyl (C=O) groups excluding carboxylic acids is 1. The van der Waals surface area contributed by atoms with Crippen molar-refractivity contribution in [3.63, 3.8) is 0 Å². The van der Waals surface area contributed by atoms with Gasteiger partial charge in [0.2, 0.25) is 0 Å². The average Bonchev–Trinajstić information content (AvgIpc) is 1.80. The molecule has 0 N–H and O–H groups in total. The summed E-state index contributed by atoms with van der Waals surface area (Å²) in [5.41, 5.74) is 0. The molecule has 0 aliphatic rings. The third-order valence-corrected chi connectivity index (χ3v) is 1.27. The Hall–Kier alpha value is -0.410. The molecule has 11 heavy (non-hydrogen) atoms. The second-order valence-corrected chi connectivity index (χ2v) is 3.50. The molecule has 3 nitrogen and oxygen atoms in total. The Morgan fingerprint density at radius 3 is 2.00 bits per heavy atom. The zero-order chi connectivity index (χ0) is 9.07. The van der Waals surface area contributed by atoms with Crippen LogP contribution in [-0.4, -0.2) is 37.7 Å². The van der Waals surface area contributed by atoms with E-state index < -0.39 is 0 Å². The highest BCUT2D eigenvalue weighted by Crippen LogP contribution is 2.04. The largest absolute Gasteiger partial charge is 0.297 e. The maximum Gasteiger partial charge on any atom is 0.174 e. The molecule has 0 aliphatic heterocycles. The Bertz CT molecular complexity index is 138. The molecule has 0 spiro atoms. The molecule has 0 radical (unpaired) electrons. The average molecular weight is 160 g/mol. The first kappa shape index (κ1) is 10.6. The number of hydroxylamine groups is 3. The molecule has 0 saturated heterocycles. The topological polar surface area (TPSA) is 26.3 Å². The lowest BCUT2D eigenvalue weighted by Crippen LogP contribution is -2.41. The number of quaternary nitrogens is 1. The van der Waals surface area contributed by atoms with Gasteiger partial charge in [-0.3, -0.25) is 4.79 Å². The van der Waals surface area contributed by atoms with Crippen molar-refractivity contribution < 1.29 is 14.3 Å². The number of nitrogens with zero attached hydrogens (tertiary/aromatic N) is 1. The van der Waals surface area contributed by atoms with Crippen LogP contribution in [0.2, 0.25) is 0 Å². The molecule has 1 atom stereocenters. The quantitative estimate of drug-likeness (QED) is 0.453. The molecule has 0 aromatic carbocycles. The fourth-order valence-electron chi connectivity index (χ4n) is 0.818. The summed E-state index contributed by atoms with van der Waals surface area (Å²) in [6.45, 7) is 3.51. The third kappa shape index (κ3) is 4.93. The van der Waals surface area contributed by atoms with Crippen molar-refractivity contribution in [3.05, 3.63) is 0 Å². The molecule has 0 bridgehead atoms. The molecular weight excluding hydrogens is 142 g/mol. The first-order valence-corrected chi connectivity index (χ1v) is 3.87. The summed E-state index contributed by atoms with van der Waals surface area (Å²) in [5, 5.41) is 0. The van der Waals surface area contributed by atoms with Gasteiger partial charge in [0.25, 0.3) is 0 Å². The van der Waals surface area contributed by atoms with Gasteiger partial charge in [-0.05, 0) is 13.3 Å². The van der Waals surface area contributed by atoms with Crippen LogP contribution < -0.4 is 0 Å². The maximum atomic E-state index is 10.9. The molecule has 1 unspecified atom stereocenters. The zero-order valence-corrected chi connectivity index (χ0v) is 8.05. The summed E-state index contributed by atoms with van der Waals surface area (Å²) < 4.78 is 0.373. The summed E-state index contributed by atoms with van der Waals surface area (Å²) in [6.07, 6.45) is 0.486. The second kappa shape index (κ2) is 3.83. The van der Waals surface area contributed by atoms with Crippen LogP contribution in [0.4, 0.5) is 0 Å². The molecule has 0 saturated carbocycles. The van der Waals surface area contributed by atoms with E-state index in [2.05, 4.69) is 0 Å². The summed E-state index contributed by atoms with van der Waals surface area (Å²) in [7, 11) is 5.68. The number of ketones is 1. The van der Waals surface area contributed by atoms with E-state index in [1.54, 1.807) is 6.92 Å². The van der Waals surface area contributed by atoms with E-state index in [4.69, 9.17) is 4.84 Å². The minimum atomic E-state index is -0.255. The smallest absolute Gasteiger partial charge is 0.174 e. The molecule has 0 fully saturated rings. The third-order valence-electron chi connectivity index (χ3n) is 1.27. The van der Waals surface area contributed by atoms with Crippen molar-refractivity contribution in [1.82, 2.24) is 0 Å². The van der Waals surface area contributed by atoms with Crippen molar-refractivity contribution in [3.8, 4) is 0 Å². The normalized spacial score (nSPS) is 14.6. The molecule has 0 rings (SSSR count). The monoisotopic (exact) mass is 160 g/mol. The molecule has 0 aromatic heterocycles. The van der Waals surface area contributed by atoms with Crippen LogP contribution in [0.1, 0.15) is 20.3 Å². The zero-order valence-electron chi connectivity index (χ0n) is 8.05. The molecule has 3 heteroatoms. The van der Waals surface area contributed by atoms with Crippen molar-refractivity contribution >= 4 is 5.78 Å². The lowest BCUT2D eigenvalue weighted by molar-refractivity contribution is -1.07. The molecule has 0 aliphatic carbocycles. The van der Waals surface area contributed by atoms with Crippen LogP contribution >= 0.6 is 0 Å². The molecule has 0 amide bonds.